The zero-order chi connectivity index (χ0) is 32.2. The first kappa shape index (κ1) is 35.6. The topological polar surface area (TPSA) is 86.5 Å². The Bertz CT molecular complexity index is 1760. The largest absolute Gasteiger partial charge is 0.487 e. The summed E-state index contributed by atoms with van der Waals surface area (Å²) in [6.07, 6.45) is 3.97. The molecule has 0 amide bonds. The number of rotatable bonds is 12. The minimum atomic E-state index is -0.956. The van der Waals surface area contributed by atoms with Gasteiger partial charge < -0.3 is 19.1 Å². The maximum absolute atomic E-state index is 12.4. The maximum Gasteiger partial charge on any atom is 0.309 e. The normalized spacial score (nSPS) is 11.7. The van der Waals surface area contributed by atoms with Crippen LogP contribution in [0, 0.1) is 5.41 Å². The fourth-order valence-electron chi connectivity index (χ4n) is 5.13. The van der Waals surface area contributed by atoms with Crippen molar-refractivity contribution < 1.29 is 19.4 Å². The summed E-state index contributed by atoms with van der Waals surface area (Å²) in [5.74, 6) is 0.542. The van der Waals surface area contributed by atoms with Gasteiger partial charge in [-0.05, 0) is 68.3 Å². The van der Waals surface area contributed by atoms with Crippen molar-refractivity contribution in [3.8, 4) is 22.8 Å². The summed E-state index contributed by atoms with van der Waals surface area (Å²) in [6, 6.07) is 24.3. The number of carbonyl (C=O) groups is 1. The van der Waals surface area contributed by atoms with E-state index >= 15 is 0 Å². The number of hydrogen-bond donors (Lipinski definition) is 1. The molecular formula is C37H41N3NaO4S. The van der Waals surface area contributed by atoms with Crippen molar-refractivity contribution >= 4 is 58.2 Å². The van der Waals surface area contributed by atoms with Crippen LogP contribution in [0.4, 0.5) is 0 Å². The summed E-state index contributed by atoms with van der Waals surface area (Å²) in [5.41, 5.74) is 5.16. The summed E-state index contributed by atoms with van der Waals surface area (Å²) in [6.45, 7) is 13.6. The van der Waals surface area contributed by atoms with Gasteiger partial charge in [-0.3, -0.25) is 9.78 Å². The summed E-state index contributed by atoms with van der Waals surface area (Å²) in [5, 5.41) is 11.2. The second-order valence-corrected chi connectivity index (χ2v) is 14.6. The summed E-state index contributed by atoms with van der Waals surface area (Å²) in [7, 11) is 0. The number of pyridine rings is 2. The van der Waals surface area contributed by atoms with Gasteiger partial charge in [-0.1, -0.05) is 51.1 Å². The molecular weight excluding hydrogens is 605 g/mol. The van der Waals surface area contributed by atoms with Crippen molar-refractivity contribution in [1.29, 1.82) is 0 Å². The number of benzene rings is 2. The fourth-order valence-corrected chi connectivity index (χ4v) is 6.31. The van der Waals surface area contributed by atoms with E-state index in [2.05, 4.69) is 71.7 Å². The number of nitrogens with zero attached hydrogens (tertiary/aromatic N) is 3. The number of ether oxygens (including phenoxy) is 2. The van der Waals surface area contributed by atoms with E-state index < -0.39 is 11.4 Å². The first-order valence-corrected chi connectivity index (χ1v) is 16.0. The average molecular weight is 647 g/mol. The molecule has 0 aliphatic rings. The molecule has 1 radical (unpaired) electrons. The summed E-state index contributed by atoms with van der Waals surface area (Å²) < 4.78 is 13.9. The van der Waals surface area contributed by atoms with Crippen LogP contribution < -0.4 is 9.47 Å². The van der Waals surface area contributed by atoms with Crippen molar-refractivity contribution in [2.45, 2.75) is 70.8 Å². The molecule has 0 bridgehead atoms. The molecule has 3 aromatic heterocycles. The van der Waals surface area contributed by atoms with Crippen LogP contribution in [0.25, 0.3) is 22.0 Å². The number of thioether (sulfide) groups is 1. The predicted molar refractivity (Wildman–Crippen MR) is 187 cm³/mol. The van der Waals surface area contributed by atoms with Crippen LogP contribution in [0.15, 0.2) is 90.1 Å². The van der Waals surface area contributed by atoms with Crippen molar-refractivity contribution in [3.63, 3.8) is 0 Å². The molecule has 9 heteroatoms. The maximum atomic E-state index is 12.4. The van der Waals surface area contributed by atoms with Crippen LogP contribution in [0.1, 0.15) is 58.5 Å². The molecule has 0 aliphatic carbocycles. The summed E-state index contributed by atoms with van der Waals surface area (Å²) in [4.78, 5) is 22.2. The fraction of sp³-hybridized carbons (Fsp3) is 0.324. The SMILES string of the molecule is CCOc1ccc(-c2ccc(Cn3c(CC(C)(C)C(=O)O)c(SC(C)(C)C)c4cc(OCc5ccccn5)ccc43)cc2)cn1.[Na]. The van der Waals surface area contributed by atoms with Gasteiger partial charge in [0.15, 0.2) is 0 Å². The zero-order valence-corrected chi connectivity index (χ0v) is 30.6. The van der Waals surface area contributed by atoms with Crippen molar-refractivity contribution in [1.82, 2.24) is 14.5 Å². The van der Waals surface area contributed by atoms with Gasteiger partial charge in [0.1, 0.15) is 12.4 Å². The van der Waals surface area contributed by atoms with Crippen LogP contribution >= 0.6 is 11.8 Å². The second kappa shape index (κ2) is 15.1. The van der Waals surface area contributed by atoms with Crippen LogP contribution in [0.5, 0.6) is 11.6 Å². The Morgan fingerprint density at radius 1 is 0.913 bits per heavy atom. The minimum Gasteiger partial charge on any atom is -0.487 e. The molecule has 0 saturated heterocycles. The third kappa shape index (κ3) is 8.73. The standard InChI is InChI=1S/C37H41N3O4S.Na/c1-7-43-33-18-15-27(22-39-33)26-13-11-25(12-14-26)23-40-31-17-16-29(44-24-28-10-8-9-19-38-28)20-30(31)34(45-36(2,3)4)32(40)21-37(5,6)35(41)42;/h8-20,22H,7,21,23-24H2,1-6H3,(H,41,42);. The van der Waals surface area contributed by atoms with Crippen LogP contribution in [-0.2, 0) is 24.4 Å². The van der Waals surface area contributed by atoms with Crippen LogP contribution in [-0.4, -0.2) is 66.5 Å². The van der Waals surface area contributed by atoms with Gasteiger partial charge >= 0.3 is 5.97 Å². The molecule has 0 aliphatic heterocycles. The van der Waals surface area contributed by atoms with E-state index in [1.165, 1.54) is 0 Å². The molecule has 46 heavy (non-hydrogen) atoms. The molecule has 235 valence electrons. The molecule has 0 saturated carbocycles. The molecule has 7 nitrogen and oxygen atoms in total. The Hall–Kier alpha value is -3.30. The van der Waals surface area contributed by atoms with Gasteiger partial charge in [-0.2, -0.15) is 0 Å². The molecule has 2 aromatic carbocycles. The predicted octanol–water partition coefficient (Wildman–Crippen LogP) is 8.29. The number of carboxylic acids is 1. The van der Waals surface area contributed by atoms with Crippen molar-refractivity contribution in [2.75, 3.05) is 6.61 Å². The van der Waals surface area contributed by atoms with E-state index in [9.17, 15) is 9.90 Å². The van der Waals surface area contributed by atoms with Gasteiger partial charge in [-0.15, -0.1) is 11.8 Å². The van der Waals surface area contributed by atoms with E-state index in [4.69, 9.17) is 9.47 Å². The number of aromatic nitrogens is 3. The van der Waals surface area contributed by atoms with Gasteiger partial charge in [0.05, 0.1) is 17.7 Å². The molecule has 5 aromatic rings. The number of hydrogen-bond acceptors (Lipinski definition) is 6. The second-order valence-electron chi connectivity index (χ2n) is 12.7. The van der Waals surface area contributed by atoms with Gasteiger partial charge in [0.2, 0.25) is 5.88 Å². The van der Waals surface area contributed by atoms with Gasteiger partial charge in [0.25, 0.3) is 0 Å². The molecule has 0 fully saturated rings. The van der Waals surface area contributed by atoms with E-state index in [1.807, 2.05) is 49.5 Å². The van der Waals surface area contributed by atoms with Crippen LogP contribution in [0.3, 0.4) is 0 Å². The van der Waals surface area contributed by atoms with E-state index in [-0.39, 0.29) is 34.3 Å². The third-order valence-electron chi connectivity index (χ3n) is 7.46. The Morgan fingerprint density at radius 3 is 2.26 bits per heavy atom. The average Bonchev–Trinajstić information content (AvgIpc) is 3.26. The molecule has 5 rings (SSSR count). The molecule has 0 unspecified atom stereocenters. The molecule has 0 atom stereocenters. The van der Waals surface area contributed by atoms with E-state index in [1.54, 1.807) is 31.8 Å². The quantitative estimate of drug-likeness (QED) is 0.108. The Labute approximate surface area is 298 Å². The molecule has 1 N–H and O–H groups in total. The van der Waals surface area contributed by atoms with E-state index in [0.717, 1.165) is 49.6 Å². The monoisotopic (exact) mass is 646 g/mol. The van der Waals surface area contributed by atoms with Gasteiger partial charge in [-0.25, -0.2) is 4.98 Å². The molecule has 0 spiro atoms. The first-order valence-electron chi connectivity index (χ1n) is 15.2. The molecule has 3 heterocycles. The Kier molecular flexibility index (Phi) is 11.6. The van der Waals surface area contributed by atoms with E-state index in [0.29, 0.717) is 32.1 Å². The minimum absolute atomic E-state index is 0. The number of carboxylic acid groups (broad SMARTS) is 1. The zero-order valence-electron chi connectivity index (χ0n) is 27.8. The Morgan fingerprint density at radius 2 is 1.65 bits per heavy atom. The number of aliphatic carboxylic acids is 1. The van der Waals surface area contributed by atoms with Crippen molar-refractivity contribution in [3.05, 3.63) is 102 Å². The van der Waals surface area contributed by atoms with Gasteiger partial charge in [0, 0.05) is 92.8 Å². The van der Waals surface area contributed by atoms with Crippen molar-refractivity contribution in [2.24, 2.45) is 5.41 Å². The third-order valence-corrected chi connectivity index (χ3v) is 8.73. The summed E-state index contributed by atoms with van der Waals surface area (Å²) >= 11 is 1.77. The number of fused-ring (bicyclic) bond motifs is 1. The first-order chi connectivity index (χ1) is 21.4. The Balaban J connectivity index is 0.00000480. The smallest absolute Gasteiger partial charge is 0.309 e. The van der Waals surface area contributed by atoms with Crippen LogP contribution in [0.2, 0.25) is 0 Å².